The molecule has 0 aromatic heterocycles. The van der Waals surface area contributed by atoms with Gasteiger partial charge in [0.2, 0.25) is 0 Å². The first-order chi connectivity index (χ1) is 16.3. The molecule has 0 aliphatic rings. The van der Waals surface area contributed by atoms with Gasteiger partial charge in [-0.05, 0) is 90.3 Å². The van der Waals surface area contributed by atoms with Crippen LogP contribution in [0, 0.1) is 0 Å². The second-order valence-electron chi connectivity index (χ2n) is 7.71. The van der Waals surface area contributed by atoms with E-state index in [9.17, 15) is 8.42 Å². The number of rotatable bonds is 6. The van der Waals surface area contributed by atoms with Crippen LogP contribution >= 0.6 is 0 Å². The van der Waals surface area contributed by atoms with Crippen LogP contribution in [0.3, 0.4) is 0 Å². The molecular formula is C27H29N3O3S. The van der Waals surface area contributed by atoms with E-state index in [0.717, 1.165) is 22.5 Å². The second-order valence-corrected chi connectivity index (χ2v) is 9.82. The molecule has 0 saturated heterocycles. The van der Waals surface area contributed by atoms with Gasteiger partial charge in [0.15, 0.2) is 9.84 Å². The highest BCUT2D eigenvalue weighted by Crippen LogP contribution is 2.24. The highest BCUT2D eigenvalue weighted by atomic mass is 32.2. The van der Waals surface area contributed by atoms with Crippen molar-refractivity contribution in [1.82, 2.24) is 0 Å². The van der Waals surface area contributed by atoms with Gasteiger partial charge in [0.05, 0.1) is 10.6 Å². The third-order valence-corrected chi connectivity index (χ3v) is 6.81. The number of hydrogen-bond acceptors (Lipinski definition) is 6. The molecule has 0 aliphatic heterocycles. The Labute approximate surface area is 200 Å². The monoisotopic (exact) mass is 475 g/mol. The van der Waals surface area contributed by atoms with Gasteiger partial charge in [-0.25, -0.2) is 8.42 Å². The van der Waals surface area contributed by atoms with Crippen molar-refractivity contribution in [3.63, 3.8) is 0 Å². The van der Waals surface area contributed by atoms with Gasteiger partial charge in [0, 0.05) is 17.1 Å². The maximum atomic E-state index is 11.9. The zero-order valence-corrected chi connectivity index (χ0v) is 19.8. The normalized spacial score (nSPS) is 10.7. The average Bonchev–Trinajstić information content (AvgIpc) is 2.81. The topological polar surface area (TPSA) is 121 Å². The first-order valence-corrected chi connectivity index (χ1v) is 12.5. The van der Waals surface area contributed by atoms with Crippen LogP contribution in [-0.2, 0) is 9.84 Å². The Morgan fingerprint density at radius 1 is 0.647 bits per heavy atom. The van der Waals surface area contributed by atoms with Gasteiger partial charge < -0.3 is 21.9 Å². The zero-order valence-electron chi connectivity index (χ0n) is 19.0. The van der Waals surface area contributed by atoms with E-state index in [4.69, 9.17) is 21.9 Å². The summed E-state index contributed by atoms with van der Waals surface area (Å²) >= 11 is 0. The molecule has 7 heteroatoms. The van der Waals surface area contributed by atoms with Gasteiger partial charge in [-0.3, -0.25) is 0 Å². The van der Waals surface area contributed by atoms with E-state index >= 15 is 0 Å². The first kappa shape index (κ1) is 24.7. The lowest BCUT2D eigenvalue weighted by Gasteiger charge is -2.07. The summed E-state index contributed by atoms with van der Waals surface area (Å²) in [5, 5.41) is 0. The minimum Gasteiger partial charge on any atom is -0.457 e. The quantitative estimate of drug-likeness (QED) is 0.305. The molecule has 0 bridgehead atoms. The van der Waals surface area contributed by atoms with E-state index in [2.05, 4.69) is 0 Å². The van der Waals surface area contributed by atoms with Crippen LogP contribution in [0.5, 0.6) is 11.5 Å². The number of nitrogen functional groups attached to an aromatic ring is 3. The third kappa shape index (κ3) is 7.02. The van der Waals surface area contributed by atoms with Gasteiger partial charge in [-0.15, -0.1) is 0 Å². The van der Waals surface area contributed by atoms with Crippen molar-refractivity contribution >= 4 is 26.9 Å². The summed E-state index contributed by atoms with van der Waals surface area (Å²) in [4.78, 5) is 0.323. The van der Waals surface area contributed by atoms with Crippen LogP contribution in [0.2, 0.25) is 0 Å². The van der Waals surface area contributed by atoms with Crippen LogP contribution in [0.25, 0.3) is 11.1 Å². The Kier molecular flexibility index (Phi) is 8.16. The molecule has 0 spiro atoms. The molecule has 4 aromatic carbocycles. The highest BCUT2D eigenvalue weighted by molar-refractivity contribution is 7.91. The molecule has 6 nitrogen and oxygen atoms in total. The van der Waals surface area contributed by atoms with Crippen molar-refractivity contribution in [2.75, 3.05) is 23.0 Å². The maximum absolute atomic E-state index is 11.9. The lowest BCUT2D eigenvalue weighted by molar-refractivity contribution is 0.482. The standard InChI is InChI=1S/C15H17NO3S.C12H12N2/c1-2-11-20(17,18)15-9-7-14(8-10-15)19-13-5-3-12(16)4-6-13;13-11-5-1-3-9(7-11)10-4-2-6-12(14)8-10/h3-10H,2,11,16H2,1H3;1-8H,13-14H2. The average molecular weight is 476 g/mol. The van der Waals surface area contributed by atoms with E-state index in [0.29, 0.717) is 28.5 Å². The number of benzene rings is 4. The molecule has 34 heavy (non-hydrogen) atoms. The SMILES string of the molecule is CCCS(=O)(=O)c1ccc(Oc2ccc(N)cc2)cc1.Nc1cccc(-c2cccc(N)c2)c1. The van der Waals surface area contributed by atoms with Crippen LogP contribution in [0.4, 0.5) is 17.1 Å². The summed E-state index contributed by atoms with van der Waals surface area (Å²) < 4.78 is 29.4. The molecule has 4 rings (SSSR count). The molecule has 0 radical (unpaired) electrons. The summed E-state index contributed by atoms with van der Waals surface area (Å²) in [6, 6.07) is 29.0. The lowest BCUT2D eigenvalue weighted by Crippen LogP contribution is -2.05. The third-order valence-electron chi connectivity index (χ3n) is 4.88. The van der Waals surface area contributed by atoms with E-state index in [1.165, 1.54) is 0 Å². The summed E-state index contributed by atoms with van der Waals surface area (Å²) in [6.07, 6.45) is 0.603. The predicted molar refractivity (Wildman–Crippen MR) is 140 cm³/mol. The number of nitrogens with two attached hydrogens (primary N) is 3. The van der Waals surface area contributed by atoms with Gasteiger partial charge in [0.1, 0.15) is 11.5 Å². The number of hydrogen-bond donors (Lipinski definition) is 3. The van der Waals surface area contributed by atoms with Crippen LogP contribution < -0.4 is 21.9 Å². The molecule has 0 atom stereocenters. The minimum atomic E-state index is -3.18. The van der Waals surface area contributed by atoms with Crippen molar-refractivity contribution in [3.8, 4) is 22.6 Å². The molecule has 0 amide bonds. The number of anilines is 3. The number of sulfone groups is 1. The minimum absolute atomic E-state index is 0.158. The molecule has 4 aromatic rings. The fourth-order valence-electron chi connectivity index (χ4n) is 3.21. The fraction of sp³-hybridized carbons (Fsp3) is 0.111. The van der Waals surface area contributed by atoms with Gasteiger partial charge in [0.25, 0.3) is 0 Å². The Hall–Kier alpha value is -3.97. The summed E-state index contributed by atoms with van der Waals surface area (Å²) in [7, 11) is -3.18. The predicted octanol–water partition coefficient (Wildman–Crippen LogP) is 5.76. The van der Waals surface area contributed by atoms with Crippen LogP contribution in [0.15, 0.2) is 102 Å². The van der Waals surface area contributed by atoms with E-state index in [1.807, 2.05) is 55.5 Å². The number of ether oxygens (including phenoxy) is 1. The summed E-state index contributed by atoms with van der Waals surface area (Å²) in [5.74, 6) is 1.40. The first-order valence-electron chi connectivity index (χ1n) is 10.8. The Morgan fingerprint density at radius 2 is 1.12 bits per heavy atom. The van der Waals surface area contributed by atoms with Crippen LogP contribution in [0.1, 0.15) is 13.3 Å². The van der Waals surface area contributed by atoms with E-state index in [-0.39, 0.29) is 5.75 Å². The van der Waals surface area contributed by atoms with Crippen molar-refractivity contribution in [1.29, 1.82) is 0 Å². The summed E-state index contributed by atoms with van der Waals surface area (Å²) in [5.41, 5.74) is 21.4. The smallest absolute Gasteiger partial charge is 0.178 e. The molecular weight excluding hydrogens is 446 g/mol. The van der Waals surface area contributed by atoms with Crippen molar-refractivity contribution in [3.05, 3.63) is 97.1 Å². The fourth-order valence-corrected chi connectivity index (χ4v) is 4.53. The Bertz CT molecular complexity index is 1280. The maximum Gasteiger partial charge on any atom is 0.178 e. The summed E-state index contributed by atoms with van der Waals surface area (Å²) in [6.45, 7) is 1.84. The van der Waals surface area contributed by atoms with E-state index < -0.39 is 9.84 Å². The lowest BCUT2D eigenvalue weighted by atomic mass is 10.0. The largest absolute Gasteiger partial charge is 0.457 e. The van der Waals surface area contributed by atoms with Crippen molar-refractivity contribution in [2.24, 2.45) is 0 Å². The zero-order chi connectivity index (χ0) is 24.6. The molecule has 6 N–H and O–H groups in total. The second kappa shape index (κ2) is 11.2. The highest BCUT2D eigenvalue weighted by Gasteiger charge is 2.12. The Balaban J connectivity index is 0.000000202. The molecule has 0 heterocycles. The van der Waals surface area contributed by atoms with Crippen LogP contribution in [-0.4, -0.2) is 14.2 Å². The molecule has 0 saturated carbocycles. The molecule has 0 fully saturated rings. The van der Waals surface area contributed by atoms with Crippen molar-refractivity contribution < 1.29 is 13.2 Å². The van der Waals surface area contributed by atoms with Gasteiger partial charge in [-0.2, -0.15) is 0 Å². The van der Waals surface area contributed by atoms with Gasteiger partial charge >= 0.3 is 0 Å². The van der Waals surface area contributed by atoms with E-state index in [1.54, 1.807) is 48.5 Å². The molecule has 0 aliphatic carbocycles. The molecule has 176 valence electrons. The Morgan fingerprint density at radius 3 is 1.56 bits per heavy atom. The van der Waals surface area contributed by atoms with Crippen molar-refractivity contribution in [2.45, 2.75) is 18.2 Å². The molecule has 0 unspecified atom stereocenters. The van der Waals surface area contributed by atoms with Gasteiger partial charge in [-0.1, -0.05) is 31.2 Å².